The minimum Gasteiger partial charge on any atom is -0.383 e. The fourth-order valence-electron chi connectivity index (χ4n) is 2.49. The Balaban J connectivity index is 1.83. The number of imidazole rings is 1. The second kappa shape index (κ2) is 7.35. The maximum atomic E-state index is 12.4. The smallest absolute Gasteiger partial charge is 0.262 e. The molecule has 1 aliphatic rings. The Kier molecular flexibility index (Phi) is 5.74. The molecule has 0 spiro atoms. The summed E-state index contributed by atoms with van der Waals surface area (Å²) in [5, 5.41) is 3.48. The van der Waals surface area contributed by atoms with E-state index in [1.54, 1.807) is 29.2 Å². The van der Waals surface area contributed by atoms with E-state index in [4.69, 9.17) is 4.74 Å². The number of methoxy groups -OCH3 is 1. The van der Waals surface area contributed by atoms with E-state index in [0.717, 1.165) is 25.9 Å². The summed E-state index contributed by atoms with van der Waals surface area (Å²) in [4.78, 5) is 3.96. The van der Waals surface area contributed by atoms with Gasteiger partial charge in [0.05, 0.1) is 12.9 Å². The maximum absolute atomic E-state index is 12.4. The molecule has 1 N–H and O–H groups in total. The predicted molar refractivity (Wildman–Crippen MR) is 79.4 cm³/mol. The van der Waals surface area contributed by atoms with Crippen LogP contribution < -0.4 is 5.32 Å². The zero-order valence-electron chi connectivity index (χ0n) is 12.7. The van der Waals surface area contributed by atoms with Gasteiger partial charge in [-0.25, -0.2) is 13.4 Å². The summed E-state index contributed by atoms with van der Waals surface area (Å²) in [6.07, 6.45) is 4.82. The fraction of sp³-hybridized carbons (Fsp3) is 0.769. The molecule has 7 nitrogen and oxygen atoms in total. The van der Waals surface area contributed by atoms with Gasteiger partial charge in [-0.2, -0.15) is 4.31 Å². The summed E-state index contributed by atoms with van der Waals surface area (Å²) in [5.74, 6) is 0.525. The van der Waals surface area contributed by atoms with E-state index in [9.17, 15) is 8.42 Å². The van der Waals surface area contributed by atoms with Gasteiger partial charge in [-0.3, -0.25) is 0 Å². The van der Waals surface area contributed by atoms with Crippen LogP contribution in [0.5, 0.6) is 0 Å². The Morgan fingerprint density at radius 1 is 1.43 bits per heavy atom. The summed E-state index contributed by atoms with van der Waals surface area (Å²) in [7, 11) is 0.0182. The van der Waals surface area contributed by atoms with Gasteiger partial charge >= 0.3 is 0 Å². The second-order valence-corrected chi connectivity index (χ2v) is 7.31. The minimum atomic E-state index is -3.43. The third-order valence-corrected chi connectivity index (χ3v) is 5.56. The Morgan fingerprint density at radius 3 is 2.71 bits per heavy atom. The van der Waals surface area contributed by atoms with Gasteiger partial charge in [0.2, 0.25) is 0 Å². The van der Waals surface area contributed by atoms with E-state index in [0.29, 0.717) is 25.6 Å². The molecule has 0 amide bonds. The molecule has 1 saturated heterocycles. The fourth-order valence-corrected chi connectivity index (χ4v) is 3.92. The summed E-state index contributed by atoms with van der Waals surface area (Å²) in [6.45, 7) is 3.59. The van der Waals surface area contributed by atoms with E-state index < -0.39 is 10.0 Å². The number of piperidine rings is 1. The van der Waals surface area contributed by atoms with Crippen LogP contribution in [0.4, 0.5) is 0 Å². The van der Waals surface area contributed by atoms with Gasteiger partial charge in [-0.15, -0.1) is 0 Å². The Hall–Kier alpha value is -0.960. The normalized spacial score (nSPS) is 18.2. The molecule has 0 saturated carbocycles. The van der Waals surface area contributed by atoms with Gasteiger partial charge in [0.25, 0.3) is 10.0 Å². The highest BCUT2D eigenvalue weighted by Gasteiger charge is 2.30. The first kappa shape index (κ1) is 16.4. The lowest BCUT2D eigenvalue weighted by Crippen LogP contribution is -2.41. The molecule has 2 rings (SSSR count). The van der Waals surface area contributed by atoms with E-state index in [-0.39, 0.29) is 5.03 Å². The Bertz CT molecular complexity index is 535. The van der Waals surface area contributed by atoms with Crippen LogP contribution >= 0.6 is 0 Å². The number of rotatable bonds is 7. The first-order valence-corrected chi connectivity index (χ1v) is 8.66. The SMILES string of the molecule is COCCNCC1CCN(S(=O)(=O)c2cn(C)cn2)CC1. The van der Waals surface area contributed by atoms with Gasteiger partial charge in [-0.05, 0) is 25.3 Å². The summed E-state index contributed by atoms with van der Waals surface area (Å²) >= 11 is 0. The number of hydrogen-bond acceptors (Lipinski definition) is 5. The molecule has 21 heavy (non-hydrogen) atoms. The van der Waals surface area contributed by atoms with Crippen molar-refractivity contribution in [3.63, 3.8) is 0 Å². The number of nitrogens with one attached hydrogen (secondary N) is 1. The molecule has 1 fully saturated rings. The van der Waals surface area contributed by atoms with Gasteiger partial charge in [0.1, 0.15) is 0 Å². The maximum Gasteiger partial charge on any atom is 0.262 e. The minimum absolute atomic E-state index is 0.140. The van der Waals surface area contributed by atoms with Crippen LogP contribution in [0.3, 0.4) is 0 Å². The molecule has 2 heterocycles. The van der Waals surface area contributed by atoms with Gasteiger partial charge in [-0.1, -0.05) is 0 Å². The largest absolute Gasteiger partial charge is 0.383 e. The highest BCUT2D eigenvalue weighted by molar-refractivity contribution is 7.89. The van der Waals surface area contributed by atoms with Crippen molar-refractivity contribution in [2.45, 2.75) is 17.9 Å². The quantitative estimate of drug-likeness (QED) is 0.720. The lowest BCUT2D eigenvalue weighted by molar-refractivity contribution is 0.194. The number of aryl methyl sites for hydroxylation is 1. The lowest BCUT2D eigenvalue weighted by atomic mass is 9.98. The zero-order valence-corrected chi connectivity index (χ0v) is 13.5. The molecule has 8 heteroatoms. The molecular formula is C13H24N4O3S. The second-order valence-electron chi connectivity index (χ2n) is 5.42. The third kappa shape index (κ3) is 4.26. The summed E-state index contributed by atoms with van der Waals surface area (Å²) in [5.41, 5.74) is 0. The summed E-state index contributed by atoms with van der Waals surface area (Å²) < 4.78 is 33.0. The van der Waals surface area contributed by atoms with Crippen LogP contribution in [-0.4, -0.2) is 62.2 Å². The van der Waals surface area contributed by atoms with Gasteiger partial charge in [0.15, 0.2) is 5.03 Å². The van der Waals surface area contributed by atoms with Crippen molar-refractivity contribution < 1.29 is 13.2 Å². The lowest BCUT2D eigenvalue weighted by Gasteiger charge is -2.30. The highest BCUT2D eigenvalue weighted by Crippen LogP contribution is 2.22. The molecule has 0 unspecified atom stereocenters. The zero-order chi connectivity index (χ0) is 15.3. The molecule has 1 aliphatic heterocycles. The van der Waals surface area contributed by atoms with Crippen molar-refractivity contribution in [3.8, 4) is 0 Å². The van der Waals surface area contributed by atoms with Crippen molar-refractivity contribution in [1.29, 1.82) is 0 Å². The molecule has 0 atom stereocenters. The van der Waals surface area contributed by atoms with Crippen LogP contribution in [0.25, 0.3) is 0 Å². The number of ether oxygens (including phenoxy) is 1. The molecular weight excluding hydrogens is 292 g/mol. The van der Waals surface area contributed by atoms with Gasteiger partial charge < -0.3 is 14.6 Å². The average Bonchev–Trinajstić information content (AvgIpc) is 2.91. The van der Waals surface area contributed by atoms with Crippen molar-refractivity contribution in [2.24, 2.45) is 13.0 Å². The standard InChI is InChI=1S/C13H24N4O3S/c1-16-10-13(15-11-16)21(18,19)17-6-3-12(4-7-17)9-14-5-8-20-2/h10-12,14H,3-9H2,1-2H3. The molecule has 0 aromatic carbocycles. The van der Waals surface area contributed by atoms with Crippen LogP contribution in [0.2, 0.25) is 0 Å². The number of hydrogen-bond donors (Lipinski definition) is 1. The first-order chi connectivity index (χ1) is 10.0. The topological polar surface area (TPSA) is 76.5 Å². The van der Waals surface area contributed by atoms with Crippen LogP contribution in [0.15, 0.2) is 17.6 Å². The molecule has 1 aromatic rings. The van der Waals surface area contributed by atoms with Gasteiger partial charge in [0, 0.05) is 40.0 Å². The molecule has 120 valence electrons. The van der Waals surface area contributed by atoms with Crippen LogP contribution in [0, 0.1) is 5.92 Å². The Labute approximate surface area is 126 Å². The van der Waals surface area contributed by atoms with Crippen LogP contribution in [-0.2, 0) is 21.8 Å². The highest BCUT2D eigenvalue weighted by atomic mass is 32.2. The van der Waals surface area contributed by atoms with E-state index >= 15 is 0 Å². The van der Waals surface area contributed by atoms with E-state index in [2.05, 4.69) is 10.3 Å². The first-order valence-electron chi connectivity index (χ1n) is 7.22. The molecule has 1 aromatic heterocycles. The number of aromatic nitrogens is 2. The molecule has 0 bridgehead atoms. The predicted octanol–water partition coefficient (Wildman–Crippen LogP) is 0.0568. The summed E-state index contributed by atoms with van der Waals surface area (Å²) in [6, 6.07) is 0. The van der Waals surface area contributed by atoms with Crippen molar-refractivity contribution in [3.05, 3.63) is 12.5 Å². The van der Waals surface area contributed by atoms with E-state index in [1.165, 1.54) is 6.33 Å². The number of sulfonamides is 1. The Morgan fingerprint density at radius 2 is 2.14 bits per heavy atom. The monoisotopic (exact) mass is 316 g/mol. The van der Waals surface area contributed by atoms with Crippen molar-refractivity contribution >= 4 is 10.0 Å². The molecule has 0 radical (unpaired) electrons. The molecule has 0 aliphatic carbocycles. The van der Waals surface area contributed by atoms with Crippen LogP contribution in [0.1, 0.15) is 12.8 Å². The number of nitrogens with zero attached hydrogens (tertiary/aromatic N) is 3. The third-order valence-electron chi connectivity index (χ3n) is 3.77. The van der Waals surface area contributed by atoms with E-state index in [1.807, 2.05) is 0 Å². The van der Waals surface area contributed by atoms with Crippen molar-refractivity contribution in [1.82, 2.24) is 19.2 Å². The average molecular weight is 316 g/mol. The van der Waals surface area contributed by atoms with Crippen molar-refractivity contribution in [2.75, 3.05) is 39.9 Å².